The van der Waals surface area contributed by atoms with Gasteiger partial charge in [-0.1, -0.05) is 139 Å². The Kier molecular flexibility index (Phi) is 12.5. The molecule has 9 N–H and O–H groups in total. The maximum Gasteiger partial charge on any atom is 0.122 e. The Hall–Kier alpha value is -5.65. The second-order valence-corrected chi connectivity index (χ2v) is 11.3. The Labute approximate surface area is 279 Å². The van der Waals surface area contributed by atoms with E-state index in [0.29, 0.717) is 6.54 Å². The van der Waals surface area contributed by atoms with Gasteiger partial charge < -0.3 is 22.9 Å². The van der Waals surface area contributed by atoms with Crippen LogP contribution in [0.25, 0.3) is 39.5 Å². The van der Waals surface area contributed by atoms with Gasteiger partial charge in [-0.15, -0.1) is 0 Å². The van der Waals surface area contributed by atoms with E-state index in [-0.39, 0.29) is 5.84 Å². The second kappa shape index (κ2) is 17.2. The monoisotopic (exact) mass is 619 g/mol. The number of aryl methyl sites for hydroxylation is 1. The number of nitrogens with two attached hydrogens (primary N) is 4. The van der Waals surface area contributed by atoms with Crippen LogP contribution in [-0.2, 0) is 6.54 Å². The number of allylic oxidation sites excluding steroid dienone is 3. The van der Waals surface area contributed by atoms with Crippen LogP contribution in [0.3, 0.4) is 0 Å². The average molecular weight is 620 g/mol. The first kappa shape index (κ1) is 34.2. The van der Waals surface area contributed by atoms with Crippen molar-refractivity contribution >= 4 is 23.3 Å². The molecule has 1 aliphatic rings. The molecule has 1 aliphatic carbocycles. The first-order chi connectivity index (χ1) is 22.8. The van der Waals surface area contributed by atoms with E-state index in [1.165, 1.54) is 11.1 Å². The number of hydrogen-bond donors (Lipinski definition) is 5. The zero-order chi connectivity index (χ0) is 33.6. The third-order valence-electron chi connectivity index (χ3n) is 7.79. The van der Waals surface area contributed by atoms with Gasteiger partial charge in [-0.3, -0.25) is 5.41 Å². The van der Waals surface area contributed by atoms with Crippen LogP contribution in [-0.4, -0.2) is 5.84 Å². The standard InChI is InChI=1S/C28H26N2.C7H10N2.C7H9N/c1-3-4-24-15-18-26(27(28(24)30)23-7-5-19(2)6-8-23)22-11-9-20(10-12-22)21-13-16-25(29)17-14-21;8-7(9)6-4-2-1-3-5-6;8-6-7-4-2-1-3-5-7/h3-18H,29-30H2,1-2H3;2,4-5H,1,3H2,(H3,8,9);1-5H,6,8H2/b4-3-;;. The Morgan fingerprint density at radius 2 is 1.32 bits per heavy atom. The van der Waals surface area contributed by atoms with Crippen LogP contribution in [0.5, 0.6) is 0 Å². The lowest BCUT2D eigenvalue weighted by molar-refractivity contribution is 1.03. The predicted octanol–water partition coefficient (Wildman–Crippen LogP) is 9.54. The van der Waals surface area contributed by atoms with Gasteiger partial charge in [0.25, 0.3) is 0 Å². The van der Waals surface area contributed by atoms with Gasteiger partial charge in [-0.2, -0.15) is 0 Å². The van der Waals surface area contributed by atoms with Crippen molar-refractivity contribution in [3.05, 3.63) is 162 Å². The molecule has 0 unspecified atom stereocenters. The number of benzene rings is 5. The molecule has 47 heavy (non-hydrogen) atoms. The maximum absolute atomic E-state index is 7.05. The number of rotatable bonds is 6. The first-order valence-corrected chi connectivity index (χ1v) is 15.8. The van der Waals surface area contributed by atoms with Gasteiger partial charge in [0.2, 0.25) is 0 Å². The summed E-state index contributed by atoms with van der Waals surface area (Å²) in [5.74, 6) is 0.172. The second-order valence-electron chi connectivity index (χ2n) is 11.3. The lowest BCUT2D eigenvalue weighted by Gasteiger charge is -2.16. The quantitative estimate of drug-likeness (QED) is 0.0736. The Morgan fingerprint density at radius 3 is 1.83 bits per heavy atom. The van der Waals surface area contributed by atoms with E-state index >= 15 is 0 Å². The Bertz CT molecular complexity index is 1830. The lowest BCUT2D eigenvalue weighted by Crippen LogP contribution is -2.12. The summed E-state index contributed by atoms with van der Waals surface area (Å²) in [6, 6.07) is 39.4. The van der Waals surface area contributed by atoms with E-state index in [1.807, 2.05) is 85.8 Å². The molecule has 0 spiro atoms. The van der Waals surface area contributed by atoms with E-state index in [2.05, 4.69) is 73.7 Å². The van der Waals surface area contributed by atoms with Gasteiger partial charge in [-0.25, -0.2) is 0 Å². The van der Waals surface area contributed by atoms with Gasteiger partial charge in [-0.05, 0) is 77.8 Å². The summed E-state index contributed by atoms with van der Waals surface area (Å²) >= 11 is 0. The number of amidine groups is 1. The van der Waals surface area contributed by atoms with Crippen LogP contribution < -0.4 is 22.9 Å². The van der Waals surface area contributed by atoms with Crippen LogP contribution in [0.2, 0.25) is 0 Å². The predicted molar refractivity (Wildman–Crippen MR) is 204 cm³/mol. The van der Waals surface area contributed by atoms with Gasteiger partial charge in [0.15, 0.2) is 0 Å². The van der Waals surface area contributed by atoms with Crippen LogP contribution in [0, 0.1) is 12.3 Å². The fourth-order valence-corrected chi connectivity index (χ4v) is 5.18. The summed E-state index contributed by atoms with van der Waals surface area (Å²) < 4.78 is 0. The lowest BCUT2D eigenvalue weighted by atomic mass is 9.89. The summed E-state index contributed by atoms with van der Waals surface area (Å²) in [5, 5.41) is 7.05. The molecular weight excluding hydrogens is 574 g/mol. The highest BCUT2D eigenvalue weighted by atomic mass is 14.7. The van der Waals surface area contributed by atoms with Crippen molar-refractivity contribution in [1.82, 2.24) is 0 Å². The SMILES string of the molecule is C/C=C\c1ccc(-c2ccc(-c3ccc(N)cc3)cc2)c(-c2ccc(C)cc2)c1N.N=C(N)C1=CCCC=C1.NCc1ccccc1. The van der Waals surface area contributed by atoms with Crippen LogP contribution >= 0.6 is 0 Å². The highest BCUT2D eigenvalue weighted by molar-refractivity contribution is 5.97. The number of nitrogens with one attached hydrogen (secondary N) is 1. The maximum atomic E-state index is 7.05. The fourth-order valence-electron chi connectivity index (χ4n) is 5.18. The van der Waals surface area contributed by atoms with E-state index in [1.54, 1.807) is 0 Å². The van der Waals surface area contributed by atoms with Crippen molar-refractivity contribution in [2.75, 3.05) is 11.5 Å². The summed E-state index contributed by atoms with van der Waals surface area (Å²) in [7, 11) is 0. The van der Waals surface area contributed by atoms with Gasteiger partial charge in [0.1, 0.15) is 5.84 Å². The Morgan fingerprint density at radius 1 is 0.723 bits per heavy atom. The molecule has 0 fully saturated rings. The molecule has 0 saturated carbocycles. The van der Waals surface area contributed by atoms with Crippen LogP contribution in [0.4, 0.5) is 11.4 Å². The molecule has 6 rings (SSSR count). The molecule has 0 atom stereocenters. The number of anilines is 2. The first-order valence-electron chi connectivity index (χ1n) is 15.8. The topological polar surface area (TPSA) is 128 Å². The summed E-state index contributed by atoms with van der Waals surface area (Å²) in [6.07, 6.45) is 12.1. The molecule has 0 aliphatic heterocycles. The molecule has 5 aromatic rings. The molecule has 5 heteroatoms. The van der Waals surface area contributed by atoms with E-state index in [4.69, 9.17) is 28.3 Å². The molecule has 0 bridgehead atoms. The molecule has 0 saturated heterocycles. The highest BCUT2D eigenvalue weighted by Gasteiger charge is 2.14. The minimum absolute atomic E-state index is 0.172. The molecule has 0 amide bonds. The van der Waals surface area contributed by atoms with Crippen molar-refractivity contribution in [1.29, 1.82) is 5.41 Å². The highest BCUT2D eigenvalue weighted by Crippen LogP contribution is 2.39. The molecule has 0 aromatic heterocycles. The smallest absolute Gasteiger partial charge is 0.122 e. The number of hydrogen-bond acceptors (Lipinski definition) is 4. The van der Waals surface area contributed by atoms with Crippen molar-refractivity contribution in [2.24, 2.45) is 11.5 Å². The third kappa shape index (κ3) is 9.67. The third-order valence-corrected chi connectivity index (χ3v) is 7.79. The van der Waals surface area contributed by atoms with Crippen molar-refractivity contribution in [3.8, 4) is 33.4 Å². The zero-order valence-corrected chi connectivity index (χ0v) is 27.3. The minimum Gasteiger partial charge on any atom is -0.399 e. The molecule has 238 valence electrons. The molecule has 5 nitrogen and oxygen atoms in total. The summed E-state index contributed by atoms with van der Waals surface area (Å²) in [6.45, 7) is 4.75. The van der Waals surface area contributed by atoms with Gasteiger partial charge in [0.05, 0.1) is 0 Å². The van der Waals surface area contributed by atoms with Crippen LogP contribution in [0.15, 0.2) is 145 Å². The van der Waals surface area contributed by atoms with Crippen molar-refractivity contribution in [3.63, 3.8) is 0 Å². The van der Waals surface area contributed by atoms with Gasteiger partial charge >= 0.3 is 0 Å². The molecule has 0 radical (unpaired) electrons. The van der Waals surface area contributed by atoms with E-state index in [9.17, 15) is 0 Å². The zero-order valence-electron chi connectivity index (χ0n) is 27.3. The van der Waals surface area contributed by atoms with Gasteiger partial charge in [0, 0.05) is 29.1 Å². The molecule has 0 heterocycles. The van der Waals surface area contributed by atoms with E-state index < -0.39 is 0 Å². The average Bonchev–Trinajstić information content (AvgIpc) is 3.11. The van der Waals surface area contributed by atoms with Crippen LogP contribution in [0.1, 0.15) is 36.5 Å². The summed E-state index contributed by atoms with van der Waals surface area (Å²) in [5.41, 5.74) is 35.7. The largest absolute Gasteiger partial charge is 0.399 e. The van der Waals surface area contributed by atoms with E-state index in [0.717, 1.165) is 68.7 Å². The fraction of sp³-hybridized carbons (Fsp3) is 0.119. The molecular formula is C42H45N5. The van der Waals surface area contributed by atoms with Crippen molar-refractivity contribution < 1.29 is 0 Å². The number of nitrogen functional groups attached to an aromatic ring is 2. The Balaban J connectivity index is 0.000000238. The minimum atomic E-state index is 0.172. The molecule has 5 aromatic carbocycles. The normalized spacial score (nSPS) is 11.9. The summed E-state index contributed by atoms with van der Waals surface area (Å²) in [4.78, 5) is 0. The van der Waals surface area contributed by atoms with Crippen molar-refractivity contribution in [2.45, 2.75) is 33.2 Å².